The Kier molecular flexibility index (Phi) is 5.18. The van der Waals surface area contributed by atoms with Crippen LogP contribution in [0.1, 0.15) is 33.6 Å². The van der Waals surface area contributed by atoms with Crippen LogP contribution in [0.25, 0.3) is 0 Å². The van der Waals surface area contributed by atoms with Gasteiger partial charge in [-0.1, -0.05) is 0 Å². The molecular formula is C13H23NO5S. The highest BCUT2D eigenvalue weighted by Crippen LogP contribution is 2.20. The van der Waals surface area contributed by atoms with Crippen LogP contribution in [0.5, 0.6) is 0 Å². The number of sulfone groups is 1. The fraction of sp³-hybridized carbons (Fsp3) is 0.846. The number of piperidine rings is 1. The first-order valence-corrected chi connectivity index (χ1v) is 8.72. The van der Waals surface area contributed by atoms with Crippen LogP contribution in [0.4, 0.5) is 4.79 Å². The summed E-state index contributed by atoms with van der Waals surface area (Å²) in [6.07, 6.45) is 1.66. The number of carbonyl (C=O) groups excluding carboxylic acids is 2. The van der Waals surface area contributed by atoms with E-state index in [-0.39, 0.29) is 17.8 Å². The van der Waals surface area contributed by atoms with Crippen LogP contribution in [-0.2, 0) is 19.4 Å². The summed E-state index contributed by atoms with van der Waals surface area (Å²) in [7, 11) is -3.28. The molecule has 1 fully saturated rings. The van der Waals surface area contributed by atoms with Gasteiger partial charge in [-0.3, -0.25) is 4.79 Å². The summed E-state index contributed by atoms with van der Waals surface area (Å²) in [5.41, 5.74) is -0.542. The zero-order valence-electron chi connectivity index (χ0n) is 12.5. The van der Waals surface area contributed by atoms with E-state index in [1.807, 2.05) is 0 Å². The van der Waals surface area contributed by atoms with Crippen LogP contribution >= 0.6 is 0 Å². The van der Waals surface area contributed by atoms with E-state index in [4.69, 9.17) is 4.74 Å². The van der Waals surface area contributed by atoms with Gasteiger partial charge in [-0.25, -0.2) is 13.2 Å². The Morgan fingerprint density at radius 1 is 1.20 bits per heavy atom. The fourth-order valence-corrected chi connectivity index (χ4v) is 2.84. The Labute approximate surface area is 120 Å². The van der Waals surface area contributed by atoms with Crippen molar-refractivity contribution in [3.63, 3.8) is 0 Å². The van der Waals surface area contributed by atoms with E-state index in [1.54, 1.807) is 25.7 Å². The summed E-state index contributed by atoms with van der Waals surface area (Å²) in [5, 5.41) is 0. The Bertz CT molecular complexity index is 469. The van der Waals surface area contributed by atoms with Gasteiger partial charge < -0.3 is 9.64 Å². The van der Waals surface area contributed by atoms with Crippen molar-refractivity contribution in [3.05, 3.63) is 0 Å². The molecule has 0 N–H and O–H groups in total. The van der Waals surface area contributed by atoms with E-state index in [0.717, 1.165) is 6.26 Å². The molecule has 1 rings (SSSR count). The second-order valence-electron chi connectivity index (χ2n) is 6.28. The molecule has 0 aromatic rings. The highest BCUT2D eigenvalue weighted by Gasteiger charge is 2.30. The molecule has 0 aliphatic carbocycles. The first-order valence-electron chi connectivity index (χ1n) is 6.66. The quantitative estimate of drug-likeness (QED) is 0.784. The summed E-state index contributed by atoms with van der Waals surface area (Å²) < 4.78 is 27.5. The molecule has 0 spiro atoms. The smallest absolute Gasteiger partial charge is 0.410 e. The number of carbonyl (C=O) groups is 2. The highest BCUT2D eigenvalue weighted by atomic mass is 32.2. The summed E-state index contributed by atoms with van der Waals surface area (Å²) >= 11 is 0. The molecule has 116 valence electrons. The molecule has 1 amide bonds. The van der Waals surface area contributed by atoms with Crippen LogP contribution in [0, 0.1) is 5.92 Å². The molecule has 7 heteroatoms. The number of nitrogens with zero attached hydrogens (tertiary/aromatic N) is 1. The van der Waals surface area contributed by atoms with Crippen molar-refractivity contribution < 1.29 is 22.7 Å². The van der Waals surface area contributed by atoms with Crippen molar-refractivity contribution in [3.8, 4) is 0 Å². The van der Waals surface area contributed by atoms with Gasteiger partial charge in [0.15, 0.2) is 15.6 Å². The van der Waals surface area contributed by atoms with Crippen LogP contribution in [0.3, 0.4) is 0 Å². The lowest BCUT2D eigenvalue weighted by Gasteiger charge is -2.32. The maximum Gasteiger partial charge on any atom is 0.410 e. The molecule has 0 aromatic heterocycles. The molecule has 0 aromatic carbocycles. The topological polar surface area (TPSA) is 80.8 Å². The number of Topliss-reactive ketones (excluding diaryl/α,β-unsaturated/α-hetero) is 1. The molecule has 1 aliphatic rings. The highest BCUT2D eigenvalue weighted by molar-refractivity contribution is 7.91. The van der Waals surface area contributed by atoms with E-state index < -0.39 is 21.2 Å². The molecule has 0 saturated carbocycles. The Hall–Kier alpha value is -1.11. The average Bonchev–Trinajstić information content (AvgIpc) is 2.24. The van der Waals surface area contributed by atoms with Gasteiger partial charge in [0.1, 0.15) is 11.4 Å². The van der Waals surface area contributed by atoms with Crippen LogP contribution in [0.2, 0.25) is 0 Å². The van der Waals surface area contributed by atoms with Gasteiger partial charge >= 0.3 is 6.09 Å². The molecule has 6 nitrogen and oxygen atoms in total. The monoisotopic (exact) mass is 305 g/mol. The molecule has 0 radical (unpaired) electrons. The lowest BCUT2D eigenvalue weighted by molar-refractivity contribution is -0.121. The van der Waals surface area contributed by atoms with Gasteiger partial charge in [-0.15, -0.1) is 0 Å². The number of ketones is 1. The molecule has 1 heterocycles. The van der Waals surface area contributed by atoms with Gasteiger partial charge in [0, 0.05) is 25.3 Å². The zero-order chi connectivity index (χ0) is 15.6. The first kappa shape index (κ1) is 16.9. The third-order valence-electron chi connectivity index (χ3n) is 3.01. The van der Waals surface area contributed by atoms with E-state index in [1.165, 1.54) is 0 Å². The van der Waals surface area contributed by atoms with E-state index in [2.05, 4.69) is 0 Å². The van der Waals surface area contributed by atoms with Crippen molar-refractivity contribution in [1.29, 1.82) is 0 Å². The van der Waals surface area contributed by atoms with Crippen molar-refractivity contribution in [2.24, 2.45) is 5.92 Å². The van der Waals surface area contributed by atoms with Crippen LogP contribution in [0.15, 0.2) is 0 Å². The van der Waals surface area contributed by atoms with Crippen molar-refractivity contribution >= 4 is 21.7 Å². The van der Waals surface area contributed by atoms with E-state index in [9.17, 15) is 18.0 Å². The lowest BCUT2D eigenvalue weighted by Crippen LogP contribution is -2.43. The zero-order valence-corrected chi connectivity index (χ0v) is 13.3. The minimum atomic E-state index is -3.28. The van der Waals surface area contributed by atoms with Gasteiger partial charge in [0.2, 0.25) is 0 Å². The number of ether oxygens (including phenoxy) is 1. The fourth-order valence-electron chi connectivity index (χ4n) is 2.09. The number of likely N-dealkylation sites (tertiary alicyclic amines) is 1. The molecule has 0 atom stereocenters. The summed E-state index contributed by atoms with van der Waals surface area (Å²) in [6, 6.07) is 0. The largest absolute Gasteiger partial charge is 0.444 e. The number of rotatable bonds is 3. The summed E-state index contributed by atoms with van der Waals surface area (Å²) in [6.45, 7) is 6.25. The molecule has 1 aliphatic heterocycles. The lowest BCUT2D eigenvalue weighted by atomic mass is 9.93. The van der Waals surface area contributed by atoms with Crippen LogP contribution < -0.4 is 0 Å². The normalized spacial score (nSPS) is 17.9. The first-order chi connectivity index (χ1) is 8.98. The summed E-state index contributed by atoms with van der Waals surface area (Å²) in [5.74, 6) is -0.941. The van der Waals surface area contributed by atoms with Crippen molar-refractivity contribution in [2.75, 3.05) is 25.1 Å². The maximum atomic E-state index is 11.8. The Morgan fingerprint density at radius 2 is 1.70 bits per heavy atom. The van der Waals surface area contributed by atoms with Gasteiger partial charge in [-0.05, 0) is 33.6 Å². The second-order valence-corrected chi connectivity index (χ2v) is 8.42. The second kappa shape index (κ2) is 6.11. The predicted molar refractivity (Wildman–Crippen MR) is 75.2 cm³/mol. The van der Waals surface area contributed by atoms with E-state index in [0.29, 0.717) is 25.9 Å². The predicted octanol–water partition coefficient (Wildman–Crippen LogP) is 1.25. The van der Waals surface area contributed by atoms with E-state index >= 15 is 0 Å². The minimum Gasteiger partial charge on any atom is -0.444 e. The number of hydrogen-bond acceptors (Lipinski definition) is 5. The number of amides is 1. The molecule has 0 unspecified atom stereocenters. The van der Waals surface area contributed by atoms with Gasteiger partial charge in [-0.2, -0.15) is 0 Å². The number of hydrogen-bond donors (Lipinski definition) is 0. The third-order valence-corrected chi connectivity index (χ3v) is 3.82. The Morgan fingerprint density at radius 3 is 2.10 bits per heavy atom. The SMILES string of the molecule is CC(C)(C)OC(=O)N1CCC(C(=O)CS(C)(=O)=O)CC1. The van der Waals surface area contributed by atoms with Gasteiger partial charge in [0.05, 0.1) is 0 Å². The summed E-state index contributed by atoms with van der Waals surface area (Å²) in [4.78, 5) is 25.2. The standard InChI is InChI=1S/C13H23NO5S/c1-13(2,3)19-12(16)14-7-5-10(6-8-14)11(15)9-20(4,17)18/h10H,5-9H2,1-4H3. The third kappa shape index (κ3) is 5.90. The van der Waals surface area contributed by atoms with Crippen molar-refractivity contribution in [1.82, 2.24) is 4.90 Å². The molecular weight excluding hydrogens is 282 g/mol. The van der Waals surface area contributed by atoms with Gasteiger partial charge in [0.25, 0.3) is 0 Å². The minimum absolute atomic E-state index is 0.253. The van der Waals surface area contributed by atoms with Crippen LogP contribution in [-0.4, -0.2) is 55.9 Å². The average molecular weight is 305 g/mol. The maximum absolute atomic E-state index is 11.8. The molecule has 0 bridgehead atoms. The Balaban J connectivity index is 2.48. The molecule has 1 saturated heterocycles. The van der Waals surface area contributed by atoms with Crippen molar-refractivity contribution in [2.45, 2.75) is 39.2 Å². The molecule has 20 heavy (non-hydrogen) atoms.